The van der Waals surface area contributed by atoms with Crippen LogP contribution in [0.15, 0.2) is 16.9 Å². The van der Waals surface area contributed by atoms with Crippen molar-refractivity contribution in [3.05, 3.63) is 27.5 Å². The minimum absolute atomic E-state index is 0.158. The van der Waals surface area contributed by atoms with Crippen molar-refractivity contribution in [2.75, 3.05) is 7.11 Å². The average Bonchev–Trinajstić information content (AvgIpc) is 2.58. The Kier molecular flexibility index (Phi) is 3.16. The second-order valence-electron chi connectivity index (χ2n) is 3.24. The van der Waals surface area contributed by atoms with Gasteiger partial charge in [0.15, 0.2) is 4.73 Å². The van der Waals surface area contributed by atoms with Crippen LogP contribution in [-0.2, 0) is 16.0 Å². The lowest BCUT2D eigenvalue weighted by Gasteiger charge is -2.01. The smallest absolute Gasteiger partial charge is 0.310 e. The van der Waals surface area contributed by atoms with Gasteiger partial charge in [-0.05, 0) is 33.6 Å². The minimum Gasteiger partial charge on any atom is -0.469 e. The number of carbonyl (C=O) groups is 1. The first-order valence-corrected chi connectivity index (χ1v) is 5.67. The van der Waals surface area contributed by atoms with Crippen molar-refractivity contribution in [1.29, 1.82) is 0 Å². The quantitative estimate of drug-likeness (QED) is 0.868. The molecule has 1 N–H and O–H groups in total. The Hall–Kier alpha value is -1.07. The number of hydrogen-bond donors (Lipinski definition) is 1. The molecule has 4 nitrogen and oxygen atoms in total. The fraction of sp³-hybridized carbons (Fsp3) is 0.200. The van der Waals surface area contributed by atoms with E-state index in [-0.39, 0.29) is 12.4 Å². The van der Waals surface area contributed by atoms with Crippen LogP contribution in [0, 0.1) is 0 Å². The lowest BCUT2D eigenvalue weighted by Crippen LogP contribution is -2.04. The number of esters is 1. The Balaban J connectivity index is 2.53. The largest absolute Gasteiger partial charge is 0.469 e. The minimum atomic E-state index is -0.317. The molecule has 0 fully saturated rings. The van der Waals surface area contributed by atoms with E-state index >= 15 is 0 Å². The molecule has 6 heteroatoms. The number of aromatic amines is 1. The molecule has 1 heterocycles. The van der Waals surface area contributed by atoms with E-state index in [9.17, 15) is 4.79 Å². The van der Waals surface area contributed by atoms with Crippen molar-refractivity contribution < 1.29 is 9.53 Å². The van der Waals surface area contributed by atoms with Gasteiger partial charge in [0.2, 0.25) is 0 Å². The zero-order valence-corrected chi connectivity index (χ0v) is 10.7. The van der Waals surface area contributed by atoms with Gasteiger partial charge in [-0.3, -0.25) is 4.79 Å². The third-order valence-electron chi connectivity index (χ3n) is 2.16. The molecule has 0 aliphatic rings. The van der Waals surface area contributed by atoms with E-state index < -0.39 is 0 Å². The monoisotopic (exact) mass is 302 g/mol. The number of benzene rings is 1. The first kappa shape index (κ1) is 11.4. The molecule has 0 amide bonds. The first-order chi connectivity index (χ1) is 7.60. The van der Waals surface area contributed by atoms with E-state index in [0.717, 1.165) is 16.6 Å². The Morgan fingerprint density at radius 3 is 3.06 bits per heavy atom. The van der Waals surface area contributed by atoms with Gasteiger partial charge in [0.25, 0.3) is 0 Å². The molecule has 0 unspecified atom stereocenters. The molecule has 0 atom stereocenters. The summed E-state index contributed by atoms with van der Waals surface area (Å²) >= 11 is 9.19. The van der Waals surface area contributed by atoms with Crippen molar-refractivity contribution in [1.82, 2.24) is 9.97 Å². The number of imidazole rings is 1. The van der Waals surface area contributed by atoms with E-state index in [1.54, 1.807) is 12.1 Å². The number of carbonyl (C=O) groups excluding carboxylic acids is 1. The lowest BCUT2D eigenvalue weighted by atomic mass is 10.1. The number of rotatable bonds is 2. The Bertz CT molecular complexity index is 553. The summed E-state index contributed by atoms with van der Waals surface area (Å²) in [5.74, 6) is -0.317. The molecule has 0 aliphatic heterocycles. The Morgan fingerprint density at radius 2 is 2.38 bits per heavy atom. The summed E-state index contributed by atoms with van der Waals surface area (Å²) in [6.45, 7) is 0. The van der Waals surface area contributed by atoms with Crippen LogP contribution in [0.2, 0.25) is 5.02 Å². The normalized spacial score (nSPS) is 10.7. The first-order valence-electron chi connectivity index (χ1n) is 4.50. The molecule has 2 rings (SSSR count). The predicted octanol–water partition coefficient (Wildman–Crippen LogP) is 2.69. The predicted molar refractivity (Wildman–Crippen MR) is 64.5 cm³/mol. The van der Waals surface area contributed by atoms with Crippen molar-refractivity contribution in [2.45, 2.75) is 6.42 Å². The van der Waals surface area contributed by atoms with Crippen molar-refractivity contribution in [2.24, 2.45) is 0 Å². The number of H-pyrrole nitrogens is 1. The molecule has 0 bridgehead atoms. The molecule has 0 saturated heterocycles. The zero-order valence-electron chi connectivity index (χ0n) is 8.38. The Morgan fingerprint density at radius 1 is 1.62 bits per heavy atom. The van der Waals surface area contributed by atoms with Crippen LogP contribution in [-0.4, -0.2) is 23.0 Å². The van der Waals surface area contributed by atoms with Crippen LogP contribution in [0.3, 0.4) is 0 Å². The fourth-order valence-electron chi connectivity index (χ4n) is 1.48. The van der Waals surface area contributed by atoms with Gasteiger partial charge in [-0.1, -0.05) is 11.6 Å². The van der Waals surface area contributed by atoms with Crippen LogP contribution < -0.4 is 0 Å². The van der Waals surface area contributed by atoms with Crippen LogP contribution >= 0.6 is 27.5 Å². The number of nitrogens with one attached hydrogen (secondary N) is 1. The topological polar surface area (TPSA) is 55.0 Å². The van der Waals surface area contributed by atoms with Crippen LogP contribution in [0.4, 0.5) is 0 Å². The molecule has 0 aliphatic carbocycles. The summed E-state index contributed by atoms with van der Waals surface area (Å²) in [5.41, 5.74) is 2.26. The van der Waals surface area contributed by atoms with Gasteiger partial charge in [-0.25, -0.2) is 4.98 Å². The molecule has 0 spiro atoms. The van der Waals surface area contributed by atoms with E-state index in [1.807, 2.05) is 0 Å². The van der Waals surface area contributed by atoms with Crippen LogP contribution in [0.5, 0.6) is 0 Å². The highest BCUT2D eigenvalue weighted by Crippen LogP contribution is 2.24. The number of halogens is 2. The lowest BCUT2D eigenvalue weighted by molar-refractivity contribution is -0.139. The summed E-state index contributed by atoms with van der Waals surface area (Å²) in [6, 6.07) is 3.48. The molecule has 16 heavy (non-hydrogen) atoms. The van der Waals surface area contributed by atoms with Crippen molar-refractivity contribution in [3.8, 4) is 0 Å². The van der Waals surface area contributed by atoms with Gasteiger partial charge in [0, 0.05) is 5.02 Å². The Labute approximate surface area is 105 Å². The molecule has 84 valence electrons. The standard InChI is InChI=1S/C10H8BrClN2O2/c1-16-8(15)3-5-2-6(12)4-7-9(5)14-10(11)13-7/h2,4H,3H2,1H3,(H,13,14). The van der Waals surface area contributed by atoms with Gasteiger partial charge >= 0.3 is 5.97 Å². The zero-order chi connectivity index (χ0) is 11.7. The molecule has 1 aromatic carbocycles. The van der Waals surface area contributed by atoms with Crippen LogP contribution in [0.25, 0.3) is 11.0 Å². The maximum atomic E-state index is 11.2. The number of hydrogen-bond acceptors (Lipinski definition) is 3. The van der Waals surface area contributed by atoms with Crippen LogP contribution in [0.1, 0.15) is 5.56 Å². The molecule has 2 aromatic rings. The second kappa shape index (κ2) is 4.43. The summed E-state index contributed by atoms with van der Waals surface area (Å²) in [5, 5.41) is 0.558. The van der Waals surface area contributed by atoms with E-state index in [4.69, 9.17) is 11.6 Å². The molecular weight excluding hydrogens is 295 g/mol. The van der Waals surface area contributed by atoms with Crippen molar-refractivity contribution >= 4 is 44.5 Å². The molecule has 1 aromatic heterocycles. The highest BCUT2D eigenvalue weighted by atomic mass is 79.9. The van der Waals surface area contributed by atoms with E-state index in [1.165, 1.54) is 7.11 Å². The molecule has 0 radical (unpaired) electrons. The number of nitrogens with zero attached hydrogens (tertiary/aromatic N) is 1. The van der Waals surface area contributed by atoms with Gasteiger partial charge in [-0.2, -0.15) is 0 Å². The average molecular weight is 304 g/mol. The summed E-state index contributed by atoms with van der Waals surface area (Å²) in [6.07, 6.45) is 0.158. The molecular formula is C10H8BrClN2O2. The second-order valence-corrected chi connectivity index (χ2v) is 4.43. The summed E-state index contributed by atoms with van der Waals surface area (Å²) in [4.78, 5) is 18.5. The summed E-state index contributed by atoms with van der Waals surface area (Å²) < 4.78 is 5.23. The van der Waals surface area contributed by atoms with E-state index in [2.05, 4.69) is 30.6 Å². The maximum Gasteiger partial charge on any atom is 0.310 e. The number of fused-ring (bicyclic) bond motifs is 1. The number of aromatic nitrogens is 2. The van der Waals surface area contributed by atoms with E-state index in [0.29, 0.717) is 9.76 Å². The van der Waals surface area contributed by atoms with Gasteiger partial charge in [0.05, 0.1) is 24.6 Å². The van der Waals surface area contributed by atoms with Gasteiger partial charge in [-0.15, -0.1) is 0 Å². The third kappa shape index (κ3) is 2.20. The number of ether oxygens (including phenoxy) is 1. The highest BCUT2D eigenvalue weighted by molar-refractivity contribution is 9.10. The SMILES string of the molecule is COC(=O)Cc1cc(Cl)cc2[nH]c(Br)nc12. The third-order valence-corrected chi connectivity index (χ3v) is 2.76. The molecule has 0 saturated carbocycles. The van der Waals surface area contributed by atoms with Gasteiger partial charge < -0.3 is 9.72 Å². The fourth-order valence-corrected chi connectivity index (χ4v) is 2.11. The van der Waals surface area contributed by atoms with Crippen molar-refractivity contribution in [3.63, 3.8) is 0 Å². The number of methoxy groups -OCH3 is 1. The maximum absolute atomic E-state index is 11.2. The summed E-state index contributed by atoms with van der Waals surface area (Å²) in [7, 11) is 1.35. The van der Waals surface area contributed by atoms with Gasteiger partial charge in [0.1, 0.15) is 0 Å². The highest BCUT2D eigenvalue weighted by Gasteiger charge is 2.11.